The van der Waals surface area contributed by atoms with Gasteiger partial charge in [0.2, 0.25) is 5.91 Å². The molecule has 2 amide bonds. The van der Waals surface area contributed by atoms with E-state index in [4.69, 9.17) is 9.47 Å². The van der Waals surface area contributed by atoms with Gasteiger partial charge in [-0.1, -0.05) is 97.1 Å². The van der Waals surface area contributed by atoms with Crippen LogP contribution in [-0.4, -0.2) is 135 Å². The Morgan fingerprint density at radius 3 is 2.01 bits per heavy atom. The van der Waals surface area contributed by atoms with Gasteiger partial charge >= 0.3 is 0 Å². The van der Waals surface area contributed by atoms with Crippen molar-refractivity contribution in [1.29, 1.82) is 0 Å². The molecule has 11 rings (SSSR count). The number of carbonyl (C=O) groups is 4. The number of amides is 2. The fourth-order valence-electron chi connectivity index (χ4n) is 10.9. The molecule has 0 bridgehead atoms. The number of piperidine rings is 1. The average Bonchev–Trinajstić information content (AvgIpc) is 4.06. The molecule has 5 aromatic carbocycles. The summed E-state index contributed by atoms with van der Waals surface area (Å²) < 4.78 is 18.0. The summed E-state index contributed by atoms with van der Waals surface area (Å²) in [5.74, 6) is 0.682. The number of aryl methyl sites for hydroxylation is 1. The van der Waals surface area contributed by atoms with Crippen molar-refractivity contribution >= 4 is 67.0 Å². The maximum atomic E-state index is 13.2. The van der Waals surface area contributed by atoms with E-state index in [1.165, 1.54) is 17.3 Å². The van der Waals surface area contributed by atoms with E-state index in [1.54, 1.807) is 25.3 Å². The number of likely N-dealkylation sites (tertiary alicyclic amines) is 1. The van der Waals surface area contributed by atoms with Gasteiger partial charge in [-0.25, -0.2) is 4.98 Å². The second-order valence-corrected chi connectivity index (χ2v) is 20.2. The molecule has 0 N–H and O–H groups in total. The van der Waals surface area contributed by atoms with E-state index >= 15 is 0 Å². The Balaban J connectivity index is 0.000000141. The number of benzene rings is 5. The lowest BCUT2D eigenvalue weighted by Gasteiger charge is -2.34. The number of hydrogen-bond donors (Lipinski definition) is 0. The smallest absolute Gasteiger partial charge is 0.261 e. The molecule has 15 heteroatoms. The number of rotatable bonds is 13. The zero-order valence-corrected chi connectivity index (χ0v) is 45.0. The van der Waals surface area contributed by atoms with E-state index in [0.717, 1.165) is 82.3 Å². The number of nitrogens with zero attached hydrogens (tertiary/aromatic N) is 8. The number of para-hydroxylation sites is 4. The van der Waals surface area contributed by atoms with Crippen molar-refractivity contribution in [2.24, 2.45) is 13.0 Å². The third-order valence-corrected chi connectivity index (χ3v) is 14.9. The molecular formula is C62H68N8O7. The first-order valence-electron chi connectivity index (χ1n) is 26.4. The molecule has 1 atom stereocenters. The van der Waals surface area contributed by atoms with Crippen LogP contribution in [0.25, 0.3) is 43.6 Å². The number of ether oxygens (including phenoxy) is 2. The number of morpholine rings is 1. The summed E-state index contributed by atoms with van der Waals surface area (Å²) in [7, 11) is 7.85. The lowest BCUT2D eigenvalue weighted by atomic mass is 9.97. The summed E-state index contributed by atoms with van der Waals surface area (Å²) in [4.78, 5) is 75.1. The molecular weight excluding hydrogens is 969 g/mol. The van der Waals surface area contributed by atoms with Gasteiger partial charge in [0.25, 0.3) is 11.5 Å². The standard InChI is InChI=1S/C22H22N2O3.C20H17N3O2.C20H29N3O2/c1-16-21(22(26)17-7-3-2-4-8-17)18-9-5-6-10-19(18)24(16)15-20(25)23-11-13-27-14-12-23;1-13-19(15-8-4-6-10-17(15)22(13)2)18(24)11-23-12-21-16-9-5-3-7-14(16)20(23)25;1-21(2)13-16-7-6-10-23(14-16)20(24)18-15-22(11-12-25-3)19-9-5-4-8-17(18)19/h2-10H,11-15H2,1H3;3-10,12H,11H2,1-2H3;4-5,8-9,15-16H,6-7,10-14H2,1-3H3. The van der Waals surface area contributed by atoms with E-state index in [1.807, 2.05) is 149 Å². The lowest BCUT2D eigenvalue weighted by Crippen LogP contribution is -2.42. The summed E-state index contributed by atoms with van der Waals surface area (Å²) in [5, 5.41) is 3.36. The van der Waals surface area contributed by atoms with Crippen LogP contribution in [0, 0.1) is 19.8 Å². The van der Waals surface area contributed by atoms with Gasteiger partial charge in [-0.15, -0.1) is 0 Å². The van der Waals surface area contributed by atoms with E-state index in [0.29, 0.717) is 66.4 Å². The number of aromatic nitrogens is 5. The van der Waals surface area contributed by atoms with Crippen molar-refractivity contribution in [1.82, 2.24) is 38.0 Å². The molecule has 0 spiro atoms. The first-order chi connectivity index (χ1) is 37.3. The molecule has 2 fully saturated rings. The van der Waals surface area contributed by atoms with Crippen LogP contribution in [0.5, 0.6) is 0 Å². The van der Waals surface area contributed by atoms with Crippen LogP contribution in [0.3, 0.4) is 0 Å². The highest BCUT2D eigenvalue weighted by atomic mass is 16.5. The summed E-state index contributed by atoms with van der Waals surface area (Å²) in [5.41, 5.74) is 7.99. The fraction of sp³-hybridized carbons (Fsp3) is 0.323. The number of Topliss-reactive ketones (excluding diaryl/α,β-unsaturated/α-hetero) is 1. The Labute approximate surface area is 448 Å². The first kappa shape index (κ1) is 53.8. The maximum Gasteiger partial charge on any atom is 0.261 e. The predicted octanol–water partition coefficient (Wildman–Crippen LogP) is 8.82. The topological polar surface area (TPSA) is 146 Å². The van der Waals surface area contributed by atoms with E-state index < -0.39 is 0 Å². The summed E-state index contributed by atoms with van der Waals surface area (Å²) in [6.45, 7) is 10.6. The van der Waals surface area contributed by atoms with Gasteiger partial charge in [0, 0.05) is 115 Å². The van der Waals surface area contributed by atoms with Gasteiger partial charge in [0.05, 0.1) is 54.7 Å². The molecule has 6 heterocycles. The minimum atomic E-state index is -0.197. The highest BCUT2D eigenvalue weighted by molar-refractivity contribution is 6.17. The van der Waals surface area contributed by atoms with Crippen LogP contribution in [0.4, 0.5) is 0 Å². The van der Waals surface area contributed by atoms with Gasteiger partial charge in [-0.05, 0) is 77.0 Å². The highest BCUT2D eigenvalue weighted by Crippen LogP contribution is 2.30. The van der Waals surface area contributed by atoms with E-state index in [9.17, 15) is 24.0 Å². The van der Waals surface area contributed by atoms with Crippen LogP contribution >= 0.6 is 0 Å². The number of fused-ring (bicyclic) bond motifs is 4. The molecule has 0 aliphatic carbocycles. The van der Waals surface area contributed by atoms with Gasteiger partial charge in [-0.2, -0.15) is 0 Å². The number of carbonyl (C=O) groups excluding carboxylic acids is 4. The lowest BCUT2D eigenvalue weighted by molar-refractivity contribution is -0.135. The molecule has 398 valence electrons. The molecule has 9 aromatic rings. The Kier molecular flexibility index (Phi) is 17.0. The maximum absolute atomic E-state index is 13.2. The van der Waals surface area contributed by atoms with E-state index in [-0.39, 0.29) is 42.0 Å². The normalized spacial score (nSPS) is 14.7. The Morgan fingerprint density at radius 2 is 1.31 bits per heavy atom. The fourth-order valence-corrected chi connectivity index (χ4v) is 10.9. The first-order valence-corrected chi connectivity index (χ1v) is 26.4. The van der Waals surface area contributed by atoms with Gasteiger partial charge in [0.1, 0.15) is 6.54 Å². The minimum Gasteiger partial charge on any atom is -0.383 e. The molecule has 1 unspecified atom stereocenters. The van der Waals surface area contributed by atoms with Crippen LogP contribution in [0.15, 0.2) is 145 Å². The molecule has 77 heavy (non-hydrogen) atoms. The van der Waals surface area contributed by atoms with Gasteiger partial charge < -0.3 is 37.9 Å². The van der Waals surface area contributed by atoms with Crippen molar-refractivity contribution in [3.05, 3.63) is 184 Å². The molecule has 4 aromatic heterocycles. The Morgan fingerprint density at radius 1 is 0.688 bits per heavy atom. The van der Waals surface area contributed by atoms with Crippen molar-refractivity contribution in [3.8, 4) is 0 Å². The van der Waals surface area contributed by atoms with Gasteiger partial charge in [-0.3, -0.25) is 28.5 Å². The van der Waals surface area contributed by atoms with Crippen LogP contribution < -0.4 is 5.56 Å². The summed E-state index contributed by atoms with van der Waals surface area (Å²) in [6.07, 6.45) is 5.74. The SMILES string of the molecule is COCCn1cc(C(=O)N2CCCC(CN(C)C)C2)c2ccccc21.Cc1c(C(=O)Cn2cnc3ccccc3c2=O)c2ccccc2n1C.Cc1c(C(=O)c2ccccc2)c2ccccc2n1CC(=O)N1CCOCC1. The third kappa shape index (κ3) is 11.7. The number of hydrogen-bond acceptors (Lipinski definition) is 9. The predicted molar refractivity (Wildman–Crippen MR) is 303 cm³/mol. The highest BCUT2D eigenvalue weighted by Gasteiger charge is 2.28. The Hall–Kier alpha value is -7.98. The molecule has 0 saturated carbocycles. The second-order valence-electron chi connectivity index (χ2n) is 20.2. The van der Waals surface area contributed by atoms with Gasteiger partial charge in [0.15, 0.2) is 11.6 Å². The largest absolute Gasteiger partial charge is 0.383 e. The van der Waals surface area contributed by atoms with Crippen molar-refractivity contribution in [2.75, 3.05) is 73.7 Å². The molecule has 0 radical (unpaired) electrons. The minimum absolute atomic E-state index is 0.0122. The quantitative estimate of drug-likeness (QED) is 0.103. The van der Waals surface area contributed by atoms with Crippen LogP contribution in [0.1, 0.15) is 60.9 Å². The summed E-state index contributed by atoms with van der Waals surface area (Å²) >= 11 is 0. The second kappa shape index (κ2) is 24.3. The van der Waals surface area contributed by atoms with E-state index in [2.05, 4.69) is 34.6 Å². The average molecular weight is 1040 g/mol. The molecule has 2 aliphatic heterocycles. The summed E-state index contributed by atoms with van der Waals surface area (Å²) in [6, 6.07) is 40.2. The zero-order valence-electron chi connectivity index (χ0n) is 45.0. The third-order valence-electron chi connectivity index (χ3n) is 14.9. The number of methoxy groups -OCH3 is 1. The monoisotopic (exact) mass is 1040 g/mol. The number of ketones is 2. The van der Waals surface area contributed by atoms with Crippen LogP contribution in [-0.2, 0) is 41.0 Å². The van der Waals surface area contributed by atoms with Crippen LogP contribution in [0.2, 0.25) is 0 Å². The Bertz CT molecular complexity index is 3640. The van der Waals surface area contributed by atoms with Crippen molar-refractivity contribution in [2.45, 2.75) is 46.3 Å². The van der Waals surface area contributed by atoms with Crippen molar-refractivity contribution < 1.29 is 28.7 Å². The zero-order chi connectivity index (χ0) is 54.2. The van der Waals surface area contributed by atoms with Crippen molar-refractivity contribution in [3.63, 3.8) is 0 Å². The molecule has 15 nitrogen and oxygen atoms in total. The molecule has 2 aliphatic rings. The molecule has 2 saturated heterocycles.